The van der Waals surface area contributed by atoms with Gasteiger partial charge in [-0.25, -0.2) is 0 Å². The normalized spacial score (nSPS) is 20.1. The number of hydrogen-bond donors (Lipinski definition) is 1. The van der Waals surface area contributed by atoms with E-state index >= 15 is 0 Å². The Hall–Kier alpha value is -0.720. The van der Waals surface area contributed by atoms with E-state index in [-0.39, 0.29) is 13.0 Å². The molecule has 2 nitrogen and oxygen atoms in total. The third-order valence-corrected chi connectivity index (χ3v) is 5.93. The minimum absolute atomic E-state index is 0.0655. The van der Waals surface area contributed by atoms with Crippen LogP contribution in [-0.2, 0) is 12.6 Å². The van der Waals surface area contributed by atoms with Crippen LogP contribution in [0.5, 0.6) is 0 Å². The van der Waals surface area contributed by atoms with Crippen molar-refractivity contribution in [1.29, 1.82) is 0 Å². The number of thioether (sulfide) groups is 1. The topological polar surface area (TPSA) is 23.5 Å². The molecule has 0 aromatic heterocycles. The molecule has 1 aliphatic heterocycles. The number of alkyl halides is 3. The Bertz CT molecular complexity index is 527. The number of piperidine rings is 1. The highest BCUT2D eigenvalue weighted by Crippen LogP contribution is 2.39. The van der Waals surface area contributed by atoms with E-state index < -0.39 is 17.2 Å². The SMILES string of the molecule is CSC[C@H](C)N1CCC(CO)(Cc2ccccc2C(F)(F)F)CC1. The van der Waals surface area contributed by atoms with Crippen molar-refractivity contribution >= 4 is 11.8 Å². The lowest BCUT2D eigenvalue weighted by Crippen LogP contribution is -2.47. The van der Waals surface area contributed by atoms with Gasteiger partial charge in [0, 0.05) is 18.4 Å². The summed E-state index contributed by atoms with van der Waals surface area (Å²) in [5.74, 6) is 1.04. The maximum atomic E-state index is 13.2. The second kappa shape index (κ2) is 8.11. The number of aliphatic hydroxyl groups is 1. The van der Waals surface area contributed by atoms with Crippen LogP contribution in [0.4, 0.5) is 13.2 Å². The molecular formula is C18H26F3NOS. The number of nitrogens with zero attached hydrogens (tertiary/aromatic N) is 1. The Balaban J connectivity index is 2.11. The third-order valence-electron chi connectivity index (χ3n) is 5.11. The largest absolute Gasteiger partial charge is 0.416 e. The van der Waals surface area contributed by atoms with Gasteiger partial charge in [-0.2, -0.15) is 24.9 Å². The van der Waals surface area contributed by atoms with Crippen LogP contribution in [0.3, 0.4) is 0 Å². The van der Waals surface area contributed by atoms with Crippen molar-refractivity contribution in [3.63, 3.8) is 0 Å². The summed E-state index contributed by atoms with van der Waals surface area (Å²) < 4.78 is 39.6. The molecule has 1 atom stereocenters. The third kappa shape index (κ3) is 4.67. The first-order chi connectivity index (χ1) is 11.3. The van der Waals surface area contributed by atoms with Crippen molar-refractivity contribution < 1.29 is 18.3 Å². The average Bonchev–Trinajstić information content (AvgIpc) is 2.55. The number of rotatable bonds is 6. The van der Waals surface area contributed by atoms with Gasteiger partial charge >= 0.3 is 6.18 Å². The molecule has 1 aromatic carbocycles. The molecule has 0 spiro atoms. The van der Waals surface area contributed by atoms with Gasteiger partial charge in [0.05, 0.1) is 5.56 Å². The molecule has 136 valence electrons. The summed E-state index contributed by atoms with van der Waals surface area (Å²) in [6.07, 6.45) is -0.528. The standard InChI is InChI=1S/C18H26F3NOS/c1-14(12-24-2)22-9-7-17(13-23,8-10-22)11-15-5-3-4-6-16(15)18(19,20)21/h3-6,14,23H,7-13H2,1-2H3/t14-/m0/s1. The molecule has 2 rings (SSSR count). The fourth-order valence-electron chi connectivity index (χ4n) is 3.53. The number of likely N-dealkylation sites (tertiary alicyclic amines) is 1. The lowest BCUT2D eigenvalue weighted by Gasteiger charge is -2.43. The van der Waals surface area contributed by atoms with Gasteiger partial charge in [-0.15, -0.1) is 0 Å². The molecule has 1 fully saturated rings. The fourth-order valence-corrected chi connectivity index (χ4v) is 4.22. The highest BCUT2D eigenvalue weighted by atomic mass is 32.2. The van der Waals surface area contributed by atoms with Gasteiger partial charge in [0.15, 0.2) is 0 Å². The Labute approximate surface area is 146 Å². The molecule has 0 unspecified atom stereocenters. The molecule has 1 N–H and O–H groups in total. The zero-order valence-corrected chi connectivity index (χ0v) is 15.1. The molecule has 0 amide bonds. The van der Waals surface area contributed by atoms with Gasteiger partial charge in [-0.05, 0) is 62.6 Å². The monoisotopic (exact) mass is 361 g/mol. The quantitative estimate of drug-likeness (QED) is 0.826. The Morgan fingerprint density at radius 3 is 2.42 bits per heavy atom. The zero-order valence-electron chi connectivity index (χ0n) is 14.3. The molecule has 1 saturated heterocycles. The van der Waals surface area contributed by atoms with E-state index in [0.29, 0.717) is 11.6 Å². The van der Waals surface area contributed by atoms with Crippen LogP contribution in [0.1, 0.15) is 30.9 Å². The number of hydrogen-bond acceptors (Lipinski definition) is 3. The fraction of sp³-hybridized carbons (Fsp3) is 0.667. The van der Waals surface area contributed by atoms with Crippen molar-refractivity contribution in [2.75, 3.05) is 31.7 Å². The van der Waals surface area contributed by atoms with Crippen molar-refractivity contribution in [2.45, 2.75) is 38.4 Å². The van der Waals surface area contributed by atoms with Crippen LogP contribution in [-0.4, -0.2) is 47.8 Å². The maximum absolute atomic E-state index is 13.2. The van der Waals surface area contributed by atoms with Gasteiger partial charge in [0.25, 0.3) is 0 Å². The Morgan fingerprint density at radius 2 is 1.88 bits per heavy atom. The predicted molar refractivity (Wildman–Crippen MR) is 93.3 cm³/mol. The van der Waals surface area contributed by atoms with Crippen LogP contribution in [0.2, 0.25) is 0 Å². The molecule has 0 saturated carbocycles. The average molecular weight is 361 g/mol. The highest BCUT2D eigenvalue weighted by molar-refractivity contribution is 7.98. The molecule has 1 aliphatic rings. The van der Waals surface area contributed by atoms with Crippen LogP contribution >= 0.6 is 11.8 Å². The first-order valence-corrected chi connectivity index (χ1v) is 9.70. The van der Waals surface area contributed by atoms with Crippen LogP contribution < -0.4 is 0 Å². The summed E-state index contributed by atoms with van der Waals surface area (Å²) in [7, 11) is 0. The van der Waals surface area contributed by atoms with Gasteiger partial charge in [-0.1, -0.05) is 18.2 Å². The van der Waals surface area contributed by atoms with Crippen molar-refractivity contribution in [3.05, 3.63) is 35.4 Å². The van der Waals surface area contributed by atoms with Crippen molar-refractivity contribution in [1.82, 2.24) is 4.90 Å². The second-order valence-electron chi connectivity index (χ2n) is 6.83. The summed E-state index contributed by atoms with van der Waals surface area (Å²) in [6.45, 7) is 3.78. The number of aliphatic hydroxyl groups excluding tert-OH is 1. The molecule has 24 heavy (non-hydrogen) atoms. The van der Waals surface area contributed by atoms with Gasteiger partial charge in [0.1, 0.15) is 0 Å². The van der Waals surface area contributed by atoms with Gasteiger partial charge < -0.3 is 5.11 Å². The smallest absolute Gasteiger partial charge is 0.396 e. The van der Waals surface area contributed by atoms with Crippen molar-refractivity contribution in [3.8, 4) is 0 Å². The maximum Gasteiger partial charge on any atom is 0.416 e. The predicted octanol–water partition coefficient (Wildman–Crippen LogP) is 4.07. The van der Waals surface area contributed by atoms with E-state index in [9.17, 15) is 18.3 Å². The summed E-state index contributed by atoms with van der Waals surface area (Å²) in [5.41, 5.74) is -0.725. The second-order valence-corrected chi connectivity index (χ2v) is 7.74. The lowest BCUT2D eigenvalue weighted by molar-refractivity contribution is -0.138. The lowest BCUT2D eigenvalue weighted by atomic mass is 9.73. The summed E-state index contributed by atoms with van der Waals surface area (Å²) in [6, 6.07) is 6.20. The van der Waals surface area contributed by atoms with E-state index in [0.717, 1.165) is 37.8 Å². The van der Waals surface area contributed by atoms with Crippen LogP contribution in [0, 0.1) is 5.41 Å². The molecule has 0 radical (unpaired) electrons. The Kier molecular flexibility index (Phi) is 6.62. The molecule has 1 heterocycles. The van der Waals surface area contributed by atoms with E-state index in [1.807, 2.05) is 0 Å². The molecular weight excluding hydrogens is 335 g/mol. The molecule has 6 heteroatoms. The van der Waals surface area contributed by atoms with Crippen LogP contribution in [0.15, 0.2) is 24.3 Å². The number of benzene rings is 1. The van der Waals surface area contributed by atoms with E-state index in [1.165, 1.54) is 6.07 Å². The van der Waals surface area contributed by atoms with Gasteiger partial charge in [-0.3, -0.25) is 4.90 Å². The van der Waals surface area contributed by atoms with E-state index in [4.69, 9.17) is 0 Å². The number of halogens is 3. The van der Waals surface area contributed by atoms with Gasteiger partial charge in [0.2, 0.25) is 0 Å². The molecule has 0 aliphatic carbocycles. The molecule has 0 bridgehead atoms. The molecule has 1 aromatic rings. The summed E-state index contributed by atoms with van der Waals surface area (Å²) in [4.78, 5) is 2.38. The highest BCUT2D eigenvalue weighted by Gasteiger charge is 2.39. The van der Waals surface area contributed by atoms with E-state index in [1.54, 1.807) is 23.9 Å². The van der Waals surface area contributed by atoms with Crippen LogP contribution in [0.25, 0.3) is 0 Å². The van der Waals surface area contributed by atoms with E-state index in [2.05, 4.69) is 18.1 Å². The zero-order chi connectivity index (χ0) is 17.8. The summed E-state index contributed by atoms with van der Waals surface area (Å²) in [5, 5.41) is 9.92. The first kappa shape index (κ1) is 19.6. The first-order valence-electron chi connectivity index (χ1n) is 8.30. The minimum Gasteiger partial charge on any atom is -0.396 e. The minimum atomic E-state index is -4.35. The summed E-state index contributed by atoms with van der Waals surface area (Å²) >= 11 is 1.80. The Morgan fingerprint density at radius 1 is 1.25 bits per heavy atom. The van der Waals surface area contributed by atoms with Crippen molar-refractivity contribution in [2.24, 2.45) is 5.41 Å².